The van der Waals surface area contributed by atoms with Gasteiger partial charge in [-0.2, -0.15) is 0 Å². The Morgan fingerprint density at radius 3 is 2.43 bits per heavy atom. The van der Waals surface area contributed by atoms with Gasteiger partial charge in [-0.25, -0.2) is 0 Å². The number of carbonyl (C=O) groups is 1. The van der Waals surface area contributed by atoms with Crippen molar-refractivity contribution in [3.63, 3.8) is 0 Å². The Balaban J connectivity index is 0.00000169. The van der Waals surface area contributed by atoms with Crippen LogP contribution in [0.1, 0.15) is 0 Å². The number of methoxy groups -OCH3 is 1. The van der Waals surface area contributed by atoms with Gasteiger partial charge in [-0.15, -0.1) is 12.4 Å². The molecule has 0 amide bonds. The minimum atomic E-state index is -0.482. The van der Waals surface area contributed by atoms with Crippen LogP contribution in [0.2, 0.25) is 0 Å². The molecule has 1 rings (SSSR count). The molecular weight excluding hydrogens is 206 g/mol. The molecule has 0 radical (unpaired) electrons. The third-order valence-corrected chi connectivity index (χ3v) is 1.46. The van der Waals surface area contributed by atoms with Crippen LogP contribution in [0.3, 0.4) is 0 Å². The van der Waals surface area contributed by atoms with Crippen LogP contribution in [0.5, 0.6) is 11.5 Å². The lowest BCUT2D eigenvalue weighted by Crippen LogP contribution is -2.19. The van der Waals surface area contributed by atoms with Crippen LogP contribution in [0.25, 0.3) is 0 Å². The number of ether oxygens (including phenoxy) is 2. The molecule has 0 bridgehead atoms. The van der Waals surface area contributed by atoms with Gasteiger partial charge in [0.1, 0.15) is 0 Å². The smallest absolute Gasteiger partial charge is 0.325 e. The van der Waals surface area contributed by atoms with Crippen LogP contribution in [0.15, 0.2) is 24.3 Å². The van der Waals surface area contributed by atoms with E-state index < -0.39 is 5.97 Å². The average Bonchev–Trinajstić information content (AvgIpc) is 2.18. The number of hydrogen-bond acceptors (Lipinski definition) is 4. The van der Waals surface area contributed by atoms with Gasteiger partial charge in [0.05, 0.1) is 13.7 Å². The SMILES string of the molecule is COc1ccccc1OC(=O)CN.Cl. The number of benzene rings is 1. The number of esters is 1. The highest BCUT2D eigenvalue weighted by Gasteiger charge is 2.06. The zero-order valence-electron chi connectivity index (χ0n) is 7.73. The molecule has 5 heteroatoms. The third kappa shape index (κ3) is 3.24. The van der Waals surface area contributed by atoms with Gasteiger partial charge in [0, 0.05) is 0 Å². The van der Waals surface area contributed by atoms with Gasteiger partial charge in [-0.05, 0) is 12.1 Å². The Morgan fingerprint density at radius 1 is 1.36 bits per heavy atom. The van der Waals surface area contributed by atoms with E-state index in [4.69, 9.17) is 15.2 Å². The molecule has 78 valence electrons. The second-order valence-electron chi connectivity index (χ2n) is 2.33. The van der Waals surface area contributed by atoms with Crippen molar-refractivity contribution in [2.45, 2.75) is 0 Å². The molecule has 2 N–H and O–H groups in total. The summed E-state index contributed by atoms with van der Waals surface area (Å²) in [5.41, 5.74) is 5.10. The summed E-state index contributed by atoms with van der Waals surface area (Å²) in [6, 6.07) is 6.89. The molecule has 0 atom stereocenters. The molecule has 0 saturated carbocycles. The molecule has 0 spiro atoms. The summed E-state index contributed by atoms with van der Waals surface area (Å²) < 4.78 is 9.87. The fraction of sp³-hybridized carbons (Fsp3) is 0.222. The molecular formula is C9H12ClNO3. The standard InChI is InChI=1S/C9H11NO3.ClH/c1-12-7-4-2-3-5-8(7)13-9(11)6-10;/h2-5H,6,10H2,1H3;1H. The van der Waals surface area contributed by atoms with E-state index in [1.165, 1.54) is 7.11 Å². The van der Waals surface area contributed by atoms with E-state index in [9.17, 15) is 4.79 Å². The predicted molar refractivity (Wildman–Crippen MR) is 54.9 cm³/mol. The summed E-state index contributed by atoms with van der Waals surface area (Å²) in [4.78, 5) is 10.8. The fourth-order valence-electron chi connectivity index (χ4n) is 0.867. The summed E-state index contributed by atoms with van der Waals surface area (Å²) in [6.45, 7) is -0.141. The second-order valence-corrected chi connectivity index (χ2v) is 2.33. The maximum Gasteiger partial charge on any atom is 0.325 e. The molecule has 0 fully saturated rings. The topological polar surface area (TPSA) is 61.5 Å². The van der Waals surface area contributed by atoms with Crippen LogP contribution in [0.4, 0.5) is 0 Å². The lowest BCUT2D eigenvalue weighted by atomic mass is 10.3. The van der Waals surface area contributed by atoms with Crippen LogP contribution in [-0.4, -0.2) is 19.6 Å². The van der Waals surface area contributed by atoms with Gasteiger partial charge in [-0.1, -0.05) is 12.1 Å². The quantitative estimate of drug-likeness (QED) is 0.606. The maximum atomic E-state index is 10.8. The van der Waals surface area contributed by atoms with Crippen LogP contribution in [0, 0.1) is 0 Å². The molecule has 0 aliphatic carbocycles. The summed E-state index contributed by atoms with van der Waals surface area (Å²) in [5.74, 6) is 0.425. The van der Waals surface area contributed by atoms with Crippen molar-refractivity contribution in [1.29, 1.82) is 0 Å². The highest BCUT2D eigenvalue weighted by molar-refractivity contribution is 5.85. The van der Waals surface area contributed by atoms with Crippen molar-refractivity contribution in [1.82, 2.24) is 0 Å². The number of rotatable bonds is 3. The van der Waals surface area contributed by atoms with E-state index in [2.05, 4.69) is 0 Å². The van der Waals surface area contributed by atoms with E-state index in [1.54, 1.807) is 24.3 Å². The number of para-hydroxylation sites is 2. The van der Waals surface area contributed by atoms with Crippen molar-refractivity contribution >= 4 is 18.4 Å². The first-order valence-corrected chi connectivity index (χ1v) is 3.81. The monoisotopic (exact) mass is 217 g/mol. The van der Waals surface area contributed by atoms with Gasteiger partial charge in [0.2, 0.25) is 0 Å². The number of halogens is 1. The largest absolute Gasteiger partial charge is 0.493 e. The average molecular weight is 218 g/mol. The van der Waals surface area contributed by atoms with Gasteiger partial charge in [-0.3, -0.25) is 4.79 Å². The molecule has 0 saturated heterocycles. The summed E-state index contributed by atoms with van der Waals surface area (Å²) in [7, 11) is 1.51. The highest BCUT2D eigenvalue weighted by atomic mass is 35.5. The van der Waals surface area contributed by atoms with E-state index in [1.807, 2.05) is 0 Å². The molecule has 0 heterocycles. The van der Waals surface area contributed by atoms with Crippen molar-refractivity contribution < 1.29 is 14.3 Å². The molecule has 4 nitrogen and oxygen atoms in total. The molecule has 1 aromatic carbocycles. The Labute approximate surface area is 88.4 Å². The Kier molecular flexibility index (Phi) is 5.67. The van der Waals surface area contributed by atoms with E-state index in [0.717, 1.165) is 0 Å². The Bertz CT molecular complexity index is 304. The van der Waals surface area contributed by atoms with E-state index >= 15 is 0 Å². The maximum absolute atomic E-state index is 10.8. The molecule has 0 aliphatic heterocycles. The number of nitrogens with two attached hydrogens (primary N) is 1. The van der Waals surface area contributed by atoms with Crippen molar-refractivity contribution in [2.24, 2.45) is 5.73 Å². The number of hydrogen-bond donors (Lipinski definition) is 1. The normalized spacial score (nSPS) is 8.71. The van der Waals surface area contributed by atoms with E-state index in [-0.39, 0.29) is 19.0 Å². The minimum Gasteiger partial charge on any atom is -0.493 e. The van der Waals surface area contributed by atoms with Crippen LogP contribution in [-0.2, 0) is 4.79 Å². The predicted octanol–water partition coefficient (Wildman–Crippen LogP) is 0.981. The van der Waals surface area contributed by atoms with Crippen molar-refractivity contribution in [3.05, 3.63) is 24.3 Å². The molecule has 0 unspecified atom stereocenters. The zero-order valence-corrected chi connectivity index (χ0v) is 8.54. The minimum absolute atomic E-state index is 0. The van der Waals surface area contributed by atoms with Gasteiger partial charge >= 0.3 is 5.97 Å². The first kappa shape index (κ1) is 12.7. The lowest BCUT2D eigenvalue weighted by Gasteiger charge is -2.06. The highest BCUT2D eigenvalue weighted by Crippen LogP contribution is 2.25. The molecule has 14 heavy (non-hydrogen) atoms. The van der Waals surface area contributed by atoms with Crippen LogP contribution < -0.4 is 15.2 Å². The van der Waals surface area contributed by atoms with Gasteiger partial charge in [0.25, 0.3) is 0 Å². The first-order chi connectivity index (χ1) is 6.27. The molecule has 0 aliphatic rings. The van der Waals surface area contributed by atoms with Crippen LogP contribution >= 0.6 is 12.4 Å². The molecule has 0 aromatic heterocycles. The van der Waals surface area contributed by atoms with Gasteiger partial charge in [0.15, 0.2) is 11.5 Å². The summed E-state index contributed by atoms with van der Waals surface area (Å²) >= 11 is 0. The lowest BCUT2D eigenvalue weighted by molar-refractivity contribution is -0.132. The Hall–Kier alpha value is -1.26. The van der Waals surface area contributed by atoms with Gasteiger partial charge < -0.3 is 15.2 Å². The zero-order chi connectivity index (χ0) is 9.68. The number of carbonyl (C=O) groups excluding carboxylic acids is 1. The van der Waals surface area contributed by atoms with Crippen molar-refractivity contribution in [2.75, 3.05) is 13.7 Å². The van der Waals surface area contributed by atoms with E-state index in [0.29, 0.717) is 11.5 Å². The van der Waals surface area contributed by atoms with Crippen molar-refractivity contribution in [3.8, 4) is 11.5 Å². The summed E-state index contributed by atoms with van der Waals surface area (Å²) in [6.07, 6.45) is 0. The molecule has 1 aromatic rings. The summed E-state index contributed by atoms with van der Waals surface area (Å²) in [5, 5.41) is 0. The fourth-order valence-corrected chi connectivity index (χ4v) is 0.867. The Morgan fingerprint density at radius 2 is 1.93 bits per heavy atom. The second kappa shape index (κ2) is 6.23. The third-order valence-electron chi connectivity index (χ3n) is 1.46. The first-order valence-electron chi connectivity index (χ1n) is 3.81.